The third-order valence-corrected chi connectivity index (χ3v) is 4.22. The van der Waals surface area contributed by atoms with Gasteiger partial charge in [-0.3, -0.25) is 4.57 Å². The van der Waals surface area contributed by atoms with Crippen LogP contribution in [0.4, 0.5) is 5.69 Å². The van der Waals surface area contributed by atoms with Gasteiger partial charge in [0.15, 0.2) is 5.58 Å². The highest BCUT2D eigenvalue weighted by Gasteiger charge is 2.10. The van der Waals surface area contributed by atoms with E-state index in [1.807, 2.05) is 24.3 Å². The maximum absolute atomic E-state index is 12.0. The molecule has 0 bridgehead atoms. The molecule has 0 aliphatic heterocycles. The summed E-state index contributed by atoms with van der Waals surface area (Å²) < 4.78 is 7.00. The van der Waals surface area contributed by atoms with E-state index >= 15 is 0 Å². The standard InChI is InChI=1S/C19H22N2O2/c1-3-20(16-10-5-4-9-15(16)2)13-8-14-21-17-11-6-7-12-18(17)23-19(21)22/h4-7,9-12H,3,8,13-14H2,1-2H3. The van der Waals surface area contributed by atoms with Gasteiger partial charge in [0.1, 0.15) is 0 Å². The monoisotopic (exact) mass is 310 g/mol. The number of benzene rings is 2. The fraction of sp³-hybridized carbons (Fsp3) is 0.316. The van der Waals surface area contributed by atoms with Crippen LogP contribution in [0, 0.1) is 6.92 Å². The zero-order valence-corrected chi connectivity index (χ0v) is 13.7. The molecule has 0 saturated carbocycles. The zero-order chi connectivity index (χ0) is 16.2. The molecule has 1 heterocycles. The Morgan fingerprint density at radius 2 is 1.83 bits per heavy atom. The second-order valence-corrected chi connectivity index (χ2v) is 5.71. The molecule has 0 fully saturated rings. The molecule has 3 rings (SSSR count). The van der Waals surface area contributed by atoms with Crippen molar-refractivity contribution < 1.29 is 4.42 Å². The number of fused-ring (bicyclic) bond motifs is 1. The summed E-state index contributed by atoms with van der Waals surface area (Å²) >= 11 is 0. The van der Waals surface area contributed by atoms with Crippen molar-refractivity contribution in [1.29, 1.82) is 0 Å². The predicted octanol–water partition coefficient (Wildman–Crippen LogP) is 3.82. The van der Waals surface area contributed by atoms with Crippen molar-refractivity contribution in [2.24, 2.45) is 0 Å². The molecule has 0 spiro atoms. The highest BCUT2D eigenvalue weighted by molar-refractivity contribution is 5.72. The molecule has 23 heavy (non-hydrogen) atoms. The first-order valence-corrected chi connectivity index (χ1v) is 8.09. The highest BCUT2D eigenvalue weighted by Crippen LogP contribution is 2.19. The summed E-state index contributed by atoms with van der Waals surface area (Å²) in [7, 11) is 0. The number of hydrogen-bond acceptors (Lipinski definition) is 3. The maximum Gasteiger partial charge on any atom is 0.419 e. The Labute approximate surface area is 136 Å². The fourth-order valence-corrected chi connectivity index (χ4v) is 3.01. The van der Waals surface area contributed by atoms with Gasteiger partial charge in [-0.25, -0.2) is 4.79 Å². The number of aryl methyl sites for hydroxylation is 2. The molecule has 0 atom stereocenters. The highest BCUT2D eigenvalue weighted by atomic mass is 16.4. The van der Waals surface area contributed by atoms with Crippen molar-refractivity contribution in [3.8, 4) is 0 Å². The summed E-state index contributed by atoms with van der Waals surface area (Å²) in [5, 5.41) is 0. The molecule has 0 aliphatic rings. The summed E-state index contributed by atoms with van der Waals surface area (Å²) in [6.07, 6.45) is 0.894. The smallest absolute Gasteiger partial charge is 0.408 e. The SMILES string of the molecule is CCN(CCCn1c(=O)oc2ccccc21)c1ccccc1C. The first-order valence-electron chi connectivity index (χ1n) is 8.09. The van der Waals surface area contributed by atoms with Crippen LogP contribution in [-0.2, 0) is 6.54 Å². The van der Waals surface area contributed by atoms with Crippen molar-refractivity contribution in [3.63, 3.8) is 0 Å². The summed E-state index contributed by atoms with van der Waals surface area (Å²) in [5.74, 6) is -0.273. The number of aromatic nitrogens is 1. The van der Waals surface area contributed by atoms with Crippen LogP contribution >= 0.6 is 0 Å². The van der Waals surface area contributed by atoms with E-state index in [0.717, 1.165) is 25.0 Å². The lowest BCUT2D eigenvalue weighted by Crippen LogP contribution is -2.26. The average molecular weight is 310 g/mol. The molecule has 0 amide bonds. The van der Waals surface area contributed by atoms with Crippen molar-refractivity contribution in [2.45, 2.75) is 26.8 Å². The van der Waals surface area contributed by atoms with Gasteiger partial charge in [0.2, 0.25) is 0 Å². The van der Waals surface area contributed by atoms with Crippen LogP contribution in [0.15, 0.2) is 57.7 Å². The summed E-state index contributed by atoms with van der Waals surface area (Å²) in [6, 6.07) is 16.0. The number of para-hydroxylation sites is 3. The van der Waals surface area contributed by atoms with Crippen LogP contribution in [0.5, 0.6) is 0 Å². The molecule has 4 nitrogen and oxygen atoms in total. The molecule has 2 aromatic carbocycles. The van der Waals surface area contributed by atoms with E-state index in [9.17, 15) is 4.79 Å². The van der Waals surface area contributed by atoms with Gasteiger partial charge in [0, 0.05) is 25.3 Å². The minimum absolute atomic E-state index is 0.273. The number of anilines is 1. The van der Waals surface area contributed by atoms with E-state index in [4.69, 9.17) is 4.42 Å². The average Bonchev–Trinajstić information content (AvgIpc) is 2.88. The number of rotatable bonds is 6. The first kappa shape index (κ1) is 15.4. The van der Waals surface area contributed by atoms with Crippen LogP contribution in [0.3, 0.4) is 0 Å². The minimum atomic E-state index is -0.273. The summed E-state index contributed by atoms with van der Waals surface area (Å²) in [5.41, 5.74) is 4.07. The lowest BCUT2D eigenvalue weighted by atomic mass is 10.1. The number of oxazole rings is 1. The molecule has 3 aromatic rings. The van der Waals surface area contributed by atoms with E-state index in [2.05, 4.69) is 43.0 Å². The third kappa shape index (κ3) is 3.16. The Hall–Kier alpha value is -2.49. The van der Waals surface area contributed by atoms with Crippen LogP contribution < -0.4 is 10.7 Å². The van der Waals surface area contributed by atoms with E-state index in [-0.39, 0.29) is 5.76 Å². The van der Waals surface area contributed by atoms with Gasteiger partial charge in [-0.1, -0.05) is 30.3 Å². The van der Waals surface area contributed by atoms with Gasteiger partial charge in [0.05, 0.1) is 5.52 Å². The number of nitrogens with zero attached hydrogens (tertiary/aromatic N) is 2. The second-order valence-electron chi connectivity index (χ2n) is 5.71. The van der Waals surface area contributed by atoms with Gasteiger partial charge in [-0.2, -0.15) is 0 Å². The minimum Gasteiger partial charge on any atom is -0.408 e. The van der Waals surface area contributed by atoms with Gasteiger partial charge >= 0.3 is 5.76 Å². The topological polar surface area (TPSA) is 38.4 Å². The van der Waals surface area contributed by atoms with Gasteiger partial charge < -0.3 is 9.32 Å². The molecular weight excluding hydrogens is 288 g/mol. The van der Waals surface area contributed by atoms with E-state index < -0.39 is 0 Å². The quantitative estimate of drug-likeness (QED) is 0.694. The first-order chi connectivity index (χ1) is 11.2. The van der Waals surface area contributed by atoms with Gasteiger partial charge in [0.25, 0.3) is 0 Å². The van der Waals surface area contributed by atoms with Gasteiger partial charge in [-0.15, -0.1) is 0 Å². The fourth-order valence-electron chi connectivity index (χ4n) is 3.01. The molecule has 0 N–H and O–H groups in total. The Kier molecular flexibility index (Phi) is 4.51. The van der Waals surface area contributed by atoms with Crippen molar-refractivity contribution in [1.82, 2.24) is 4.57 Å². The summed E-state index contributed by atoms with van der Waals surface area (Å²) in [6.45, 7) is 6.81. The molecule has 1 aromatic heterocycles. The predicted molar refractivity (Wildman–Crippen MR) is 94.2 cm³/mol. The molecule has 0 unspecified atom stereocenters. The van der Waals surface area contributed by atoms with E-state index in [0.29, 0.717) is 12.1 Å². The van der Waals surface area contributed by atoms with Crippen molar-refractivity contribution >= 4 is 16.8 Å². The van der Waals surface area contributed by atoms with Crippen LogP contribution in [0.25, 0.3) is 11.1 Å². The third-order valence-electron chi connectivity index (χ3n) is 4.22. The molecule has 4 heteroatoms. The largest absolute Gasteiger partial charge is 0.419 e. The van der Waals surface area contributed by atoms with Gasteiger partial charge in [-0.05, 0) is 44.0 Å². The van der Waals surface area contributed by atoms with Crippen molar-refractivity contribution in [3.05, 3.63) is 64.6 Å². The molecule has 120 valence electrons. The number of hydrogen-bond donors (Lipinski definition) is 0. The lowest BCUT2D eigenvalue weighted by molar-refractivity contribution is 0.497. The molecule has 0 saturated heterocycles. The normalized spacial score (nSPS) is 11.0. The maximum atomic E-state index is 12.0. The zero-order valence-electron chi connectivity index (χ0n) is 13.7. The Balaban J connectivity index is 1.72. The second kappa shape index (κ2) is 6.73. The Bertz CT molecular complexity index is 848. The van der Waals surface area contributed by atoms with Crippen LogP contribution in [-0.4, -0.2) is 17.7 Å². The lowest BCUT2D eigenvalue weighted by Gasteiger charge is -2.25. The Morgan fingerprint density at radius 1 is 1.09 bits per heavy atom. The molecule has 0 radical (unpaired) electrons. The summed E-state index contributed by atoms with van der Waals surface area (Å²) in [4.78, 5) is 14.3. The molecular formula is C19H22N2O2. The Morgan fingerprint density at radius 3 is 2.61 bits per heavy atom. The van der Waals surface area contributed by atoms with Crippen LogP contribution in [0.2, 0.25) is 0 Å². The van der Waals surface area contributed by atoms with E-state index in [1.54, 1.807) is 4.57 Å². The van der Waals surface area contributed by atoms with E-state index in [1.165, 1.54) is 11.3 Å². The van der Waals surface area contributed by atoms with Crippen LogP contribution in [0.1, 0.15) is 18.9 Å². The van der Waals surface area contributed by atoms with Crippen molar-refractivity contribution in [2.75, 3.05) is 18.0 Å². The molecule has 0 aliphatic carbocycles.